The summed E-state index contributed by atoms with van der Waals surface area (Å²) in [6, 6.07) is 9.10. The van der Waals surface area contributed by atoms with Gasteiger partial charge in [0.05, 0.1) is 6.54 Å². The molecule has 0 unspecified atom stereocenters. The second-order valence-corrected chi connectivity index (χ2v) is 6.76. The summed E-state index contributed by atoms with van der Waals surface area (Å²) in [5, 5.41) is 0. The molecule has 1 heterocycles. The molecule has 0 bridgehead atoms. The Morgan fingerprint density at radius 1 is 1.11 bits per heavy atom. The summed E-state index contributed by atoms with van der Waals surface area (Å²) in [6.45, 7) is 4.20. The van der Waals surface area contributed by atoms with Crippen molar-refractivity contribution >= 4 is 5.91 Å². The number of benzene rings is 2. The fourth-order valence-corrected chi connectivity index (χ4v) is 2.90. The molecule has 1 amide bonds. The van der Waals surface area contributed by atoms with Crippen molar-refractivity contribution in [3.05, 3.63) is 89.3 Å². The van der Waals surface area contributed by atoms with E-state index in [4.69, 9.17) is 0 Å². The average Bonchev–Trinajstić information content (AvgIpc) is 3.08. The highest BCUT2D eigenvalue weighted by molar-refractivity contribution is 5.94. The first kappa shape index (κ1) is 19.7. The molecule has 0 fully saturated rings. The van der Waals surface area contributed by atoms with E-state index in [0.29, 0.717) is 11.4 Å². The van der Waals surface area contributed by atoms with Gasteiger partial charge in [-0.05, 0) is 49.7 Å². The van der Waals surface area contributed by atoms with Crippen molar-refractivity contribution in [2.24, 2.45) is 0 Å². The van der Waals surface area contributed by atoms with Crippen LogP contribution in [0.2, 0.25) is 0 Å². The van der Waals surface area contributed by atoms with Crippen LogP contribution in [0.4, 0.5) is 13.2 Å². The van der Waals surface area contributed by atoms with Crippen molar-refractivity contribution in [2.75, 3.05) is 0 Å². The molecule has 0 aliphatic rings. The molecule has 0 aliphatic carbocycles. The first-order chi connectivity index (χ1) is 13.3. The molecule has 1 aromatic heterocycles. The standard InChI is InChI=1S/C21H20F3N3O/c1-14(2)27(21(28)16-4-3-5-17(22)11-16)13-20-25-8-9-26(20)12-15-6-7-18(23)19(24)10-15/h3-11,14H,12-13H2,1-2H3. The molecule has 146 valence electrons. The van der Waals surface area contributed by atoms with Crippen LogP contribution in [0.25, 0.3) is 0 Å². The minimum Gasteiger partial charge on any atom is -0.329 e. The Bertz CT molecular complexity index is 985. The molecule has 0 N–H and O–H groups in total. The highest BCUT2D eigenvalue weighted by Crippen LogP contribution is 2.16. The van der Waals surface area contributed by atoms with E-state index < -0.39 is 17.5 Å². The Morgan fingerprint density at radius 2 is 1.89 bits per heavy atom. The number of nitrogens with zero attached hydrogens (tertiary/aromatic N) is 3. The van der Waals surface area contributed by atoms with Crippen molar-refractivity contribution in [3.63, 3.8) is 0 Å². The van der Waals surface area contributed by atoms with Crippen molar-refractivity contribution in [3.8, 4) is 0 Å². The van der Waals surface area contributed by atoms with Gasteiger partial charge in [-0.2, -0.15) is 0 Å². The number of halogens is 3. The molecule has 0 spiro atoms. The molecule has 0 saturated carbocycles. The molecule has 4 nitrogen and oxygen atoms in total. The van der Waals surface area contributed by atoms with Gasteiger partial charge in [-0.15, -0.1) is 0 Å². The van der Waals surface area contributed by atoms with E-state index in [9.17, 15) is 18.0 Å². The zero-order valence-corrected chi connectivity index (χ0v) is 15.6. The summed E-state index contributed by atoms with van der Waals surface area (Å²) >= 11 is 0. The molecule has 3 rings (SSSR count). The number of rotatable bonds is 6. The highest BCUT2D eigenvalue weighted by Gasteiger charge is 2.21. The molecule has 28 heavy (non-hydrogen) atoms. The molecular weight excluding hydrogens is 367 g/mol. The van der Waals surface area contributed by atoms with Gasteiger partial charge < -0.3 is 9.47 Å². The van der Waals surface area contributed by atoms with Gasteiger partial charge in [0.2, 0.25) is 0 Å². The van der Waals surface area contributed by atoms with E-state index in [1.165, 1.54) is 24.3 Å². The van der Waals surface area contributed by atoms with Crippen LogP contribution >= 0.6 is 0 Å². The van der Waals surface area contributed by atoms with Gasteiger partial charge in [-0.1, -0.05) is 12.1 Å². The Morgan fingerprint density at radius 3 is 2.57 bits per heavy atom. The summed E-state index contributed by atoms with van der Waals surface area (Å²) in [7, 11) is 0. The lowest BCUT2D eigenvalue weighted by atomic mass is 10.1. The summed E-state index contributed by atoms with van der Waals surface area (Å²) in [6.07, 6.45) is 3.29. The van der Waals surface area contributed by atoms with E-state index in [1.54, 1.807) is 27.9 Å². The van der Waals surface area contributed by atoms with Crippen LogP contribution in [0.5, 0.6) is 0 Å². The summed E-state index contributed by atoms with van der Waals surface area (Å²) in [5.41, 5.74) is 0.832. The topological polar surface area (TPSA) is 38.1 Å². The van der Waals surface area contributed by atoms with Crippen LogP contribution in [-0.4, -0.2) is 26.4 Å². The van der Waals surface area contributed by atoms with Crippen molar-refractivity contribution in [1.29, 1.82) is 0 Å². The Hall–Kier alpha value is -3.09. The van der Waals surface area contributed by atoms with Crippen LogP contribution in [-0.2, 0) is 13.1 Å². The molecular formula is C21H20F3N3O. The maximum absolute atomic E-state index is 13.5. The number of aromatic nitrogens is 2. The SMILES string of the molecule is CC(C)N(Cc1nccn1Cc1ccc(F)c(F)c1)C(=O)c1cccc(F)c1. The zero-order valence-electron chi connectivity index (χ0n) is 15.6. The minimum absolute atomic E-state index is 0.149. The van der Waals surface area contributed by atoms with E-state index in [0.717, 1.165) is 12.1 Å². The van der Waals surface area contributed by atoms with Crippen molar-refractivity contribution in [2.45, 2.75) is 33.0 Å². The third-order valence-corrected chi connectivity index (χ3v) is 4.41. The maximum Gasteiger partial charge on any atom is 0.254 e. The molecule has 7 heteroatoms. The Labute approximate surface area is 161 Å². The Balaban J connectivity index is 1.82. The molecule has 0 saturated heterocycles. The molecule has 0 radical (unpaired) electrons. The quantitative estimate of drug-likeness (QED) is 0.629. The molecule has 3 aromatic rings. The van der Waals surface area contributed by atoms with Crippen LogP contribution < -0.4 is 0 Å². The van der Waals surface area contributed by atoms with Gasteiger partial charge in [-0.3, -0.25) is 4.79 Å². The predicted octanol–water partition coefficient (Wildman–Crippen LogP) is 4.40. The predicted molar refractivity (Wildman–Crippen MR) is 99.1 cm³/mol. The lowest BCUT2D eigenvalue weighted by Gasteiger charge is -2.27. The van der Waals surface area contributed by atoms with Gasteiger partial charge in [-0.25, -0.2) is 18.2 Å². The fraction of sp³-hybridized carbons (Fsp3) is 0.238. The summed E-state index contributed by atoms with van der Waals surface area (Å²) in [4.78, 5) is 18.7. The minimum atomic E-state index is -0.913. The van der Waals surface area contributed by atoms with Gasteiger partial charge in [0.1, 0.15) is 11.6 Å². The first-order valence-corrected chi connectivity index (χ1v) is 8.85. The van der Waals surface area contributed by atoms with E-state index in [-0.39, 0.29) is 30.6 Å². The molecule has 2 aromatic carbocycles. The van der Waals surface area contributed by atoms with Gasteiger partial charge in [0.25, 0.3) is 5.91 Å². The van der Waals surface area contributed by atoms with Crippen molar-refractivity contribution < 1.29 is 18.0 Å². The maximum atomic E-state index is 13.5. The number of carbonyl (C=O) groups is 1. The summed E-state index contributed by atoms with van der Waals surface area (Å²) in [5.74, 6) is -2.01. The first-order valence-electron chi connectivity index (χ1n) is 8.85. The smallest absolute Gasteiger partial charge is 0.254 e. The van der Waals surface area contributed by atoms with Gasteiger partial charge in [0, 0.05) is 30.5 Å². The highest BCUT2D eigenvalue weighted by atomic mass is 19.2. The van der Waals surface area contributed by atoms with Crippen LogP contribution in [0.1, 0.15) is 35.6 Å². The number of imidazole rings is 1. The third-order valence-electron chi connectivity index (χ3n) is 4.41. The monoisotopic (exact) mass is 387 g/mol. The van der Waals surface area contributed by atoms with Gasteiger partial charge in [0.15, 0.2) is 11.6 Å². The fourth-order valence-electron chi connectivity index (χ4n) is 2.90. The summed E-state index contributed by atoms with van der Waals surface area (Å²) < 4.78 is 41.9. The molecule has 0 aliphatic heterocycles. The van der Waals surface area contributed by atoms with E-state index in [1.807, 2.05) is 13.8 Å². The Kier molecular flexibility index (Phi) is 5.82. The second-order valence-electron chi connectivity index (χ2n) is 6.76. The van der Waals surface area contributed by atoms with E-state index >= 15 is 0 Å². The van der Waals surface area contributed by atoms with Crippen LogP contribution in [0, 0.1) is 17.5 Å². The number of carbonyl (C=O) groups excluding carboxylic acids is 1. The van der Waals surface area contributed by atoms with E-state index in [2.05, 4.69) is 4.98 Å². The number of hydrogen-bond donors (Lipinski definition) is 0. The van der Waals surface area contributed by atoms with Crippen LogP contribution in [0.15, 0.2) is 54.9 Å². The largest absolute Gasteiger partial charge is 0.329 e. The number of hydrogen-bond acceptors (Lipinski definition) is 2. The number of amides is 1. The third kappa shape index (κ3) is 4.42. The van der Waals surface area contributed by atoms with Crippen molar-refractivity contribution in [1.82, 2.24) is 14.5 Å². The average molecular weight is 387 g/mol. The second kappa shape index (κ2) is 8.29. The zero-order chi connectivity index (χ0) is 20.3. The normalized spacial score (nSPS) is 11.1. The van der Waals surface area contributed by atoms with Gasteiger partial charge >= 0.3 is 0 Å². The van der Waals surface area contributed by atoms with Crippen LogP contribution in [0.3, 0.4) is 0 Å². The lowest BCUT2D eigenvalue weighted by Crippen LogP contribution is -2.37. The lowest BCUT2D eigenvalue weighted by molar-refractivity contribution is 0.0682. The molecule has 0 atom stereocenters.